The molecule has 0 radical (unpaired) electrons. The molecule has 1 N–H and O–H groups in total. The van der Waals surface area contributed by atoms with E-state index >= 15 is 0 Å². The van der Waals surface area contributed by atoms with Crippen LogP contribution < -0.4 is 4.74 Å². The number of carbonyl (C=O) groups is 3. The third-order valence-electron chi connectivity index (χ3n) is 4.93. The second-order valence-corrected chi connectivity index (χ2v) is 7.97. The molecule has 1 fully saturated rings. The van der Waals surface area contributed by atoms with Crippen molar-refractivity contribution < 1.29 is 28.6 Å². The maximum absolute atomic E-state index is 12.7. The van der Waals surface area contributed by atoms with Crippen LogP contribution in [0.15, 0.2) is 70.0 Å². The molecule has 0 unspecified atom stereocenters. The summed E-state index contributed by atoms with van der Waals surface area (Å²) in [4.78, 5) is 37.7. The van der Waals surface area contributed by atoms with Gasteiger partial charge in [-0.15, -0.1) is 0 Å². The zero-order chi connectivity index (χ0) is 22.7. The second-order valence-electron chi connectivity index (χ2n) is 6.98. The van der Waals surface area contributed by atoms with E-state index in [-0.39, 0.29) is 28.9 Å². The Morgan fingerprint density at radius 2 is 1.88 bits per heavy atom. The number of carbonyl (C=O) groups excluding carboxylic acids is 2. The van der Waals surface area contributed by atoms with Gasteiger partial charge < -0.3 is 14.3 Å². The van der Waals surface area contributed by atoms with E-state index in [4.69, 9.17) is 9.15 Å². The summed E-state index contributed by atoms with van der Waals surface area (Å²) in [6, 6.07) is 17.5. The van der Waals surface area contributed by atoms with E-state index in [9.17, 15) is 19.5 Å². The highest BCUT2D eigenvalue weighted by Crippen LogP contribution is 2.34. The van der Waals surface area contributed by atoms with Crippen LogP contribution in [-0.4, -0.2) is 40.3 Å². The number of amides is 2. The van der Waals surface area contributed by atoms with E-state index in [1.165, 1.54) is 12.1 Å². The summed E-state index contributed by atoms with van der Waals surface area (Å²) in [5.41, 5.74) is 1.43. The Kier molecular flexibility index (Phi) is 6.13. The molecule has 1 saturated heterocycles. The lowest BCUT2D eigenvalue weighted by atomic mass is 10.0. The minimum atomic E-state index is -1.01. The number of thioether (sulfide) groups is 1. The molecule has 0 saturated carbocycles. The minimum absolute atomic E-state index is 0.140. The van der Waals surface area contributed by atoms with Gasteiger partial charge in [0.1, 0.15) is 23.9 Å². The van der Waals surface area contributed by atoms with Gasteiger partial charge >= 0.3 is 5.97 Å². The van der Waals surface area contributed by atoms with Gasteiger partial charge in [-0.1, -0.05) is 30.3 Å². The smallest absolute Gasteiger partial charge is 0.335 e. The maximum Gasteiger partial charge on any atom is 0.335 e. The van der Waals surface area contributed by atoms with Gasteiger partial charge in [-0.05, 0) is 54.6 Å². The van der Waals surface area contributed by atoms with Crippen molar-refractivity contribution in [1.82, 2.24) is 4.90 Å². The monoisotopic (exact) mass is 449 g/mol. The lowest BCUT2D eigenvalue weighted by molar-refractivity contribution is -0.123. The lowest BCUT2D eigenvalue weighted by Gasteiger charge is -2.13. The average Bonchev–Trinajstić information content (AvgIpc) is 3.34. The molecule has 2 amide bonds. The van der Waals surface area contributed by atoms with E-state index in [2.05, 4.69) is 0 Å². The van der Waals surface area contributed by atoms with Crippen molar-refractivity contribution in [2.75, 3.05) is 13.2 Å². The van der Waals surface area contributed by atoms with Crippen LogP contribution in [0.1, 0.15) is 21.7 Å². The van der Waals surface area contributed by atoms with Crippen LogP contribution in [0.3, 0.4) is 0 Å². The number of carboxylic acid groups (broad SMARTS) is 1. The Bertz CT molecular complexity index is 1210. The molecule has 0 atom stereocenters. The predicted octanol–water partition coefficient (Wildman–Crippen LogP) is 5.07. The zero-order valence-electron chi connectivity index (χ0n) is 17.1. The molecule has 1 aliphatic rings. The molecule has 2 aromatic carbocycles. The van der Waals surface area contributed by atoms with Crippen LogP contribution >= 0.6 is 11.8 Å². The van der Waals surface area contributed by atoms with Gasteiger partial charge in [-0.2, -0.15) is 0 Å². The summed E-state index contributed by atoms with van der Waals surface area (Å²) in [5.74, 6) is 0.124. The highest BCUT2D eigenvalue weighted by Gasteiger charge is 2.35. The number of aromatic carboxylic acids is 1. The summed E-state index contributed by atoms with van der Waals surface area (Å²) >= 11 is 0.843. The SMILES string of the molecule is Cc1c(C(=O)O)cccc1-c1ccc(/C=C2\SC(=O)N(CCOc3ccccc3)C2=O)o1. The van der Waals surface area contributed by atoms with Crippen LogP contribution in [0, 0.1) is 6.92 Å². The molecule has 162 valence electrons. The van der Waals surface area contributed by atoms with Gasteiger partial charge in [0.15, 0.2) is 0 Å². The van der Waals surface area contributed by atoms with Crippen molar-refractivity contribution >= 4 is 35.0 Å². The first-order valence-electron chi connectivity index (χ1n) is 9.80. The van der Waals surface area contributed by atoms with Crippen LogP contribution in [0.5, 0.6) is 5.75 Å². The van der Waals surface area contributed by atoms with E-state index in [1.54, 1.807) is 43.3 Å². The Morgan fingerprint density at radius 1 is 1.09 bits per heavy atom. The van der Waals surface area contributed by atoms with Gasteiger partial charge in [0, 0.05) is 11.6 Å². The van der Waals surface area contributed by atoms with Crippen molar-refractivity contribution in [3.63, 3.8) is 0 Å². The minimum Gasteiger partial charge on any atom is -0.492 e. The molecule has 0 aliphatic carbocycles. The van der Waals surface area contributed by atoms with Crippen LogP contribution in [0.4, 0.5) is 4.79 Å². The summed E-state index contributed by atoms with van der Waals surface area (Å²) < 4.78 is 11.4. The maximum atomic E-state index is 12.7. The molecule has 3 aromatic rings. The highest BCUT2D eigenvalue weighted by molar-refractivity contribution is 8.18. The average molecular weight is 449 g/mol. The quantitative estimate of drug-likeness (QED) is 0.503. The fourth-order valence-electron chi connectivity index (χ4n) is 3.30. The number of para-hydroxylation sites is 1. The summed E-state index contributed by atoms with van der Waals surface area (Å²) in [5, 5.41) is 8.95. The van der Waals surface area contributed by atoms with E-state index < -0.39 is 11.9 Å². The molecule has 7 nitrogen and oxygen atoms in total. The molecular weight excluding hydrogens is 430 g/mol. The normalized spacial score (nSPS) is 14.9. The fraction of sp³-hybridized carbons (Fsp3) is 0.125. The predicted molar refractivity (Wildman–Crippen MR) is 120 cm³/mol. The Labute approximate surface area is 188 Å². The Hall–Kier alpha value is -3.78. The number of nitrogens with zero attached hydrogens (tertiary/aromatic N) is 1. The summed E-state index contributed by atoms with van der Waals surface area (Å²) in [7, 11) is 0. The van der Waals surface area contributed by atoms with Gasteiger partial charge in [-0.3, -0.25) is 14.5 Å². The molecule has 8 heteroatoms. The number of furan rings is 1. The number of benzene rings is 2. The van der Waals surface area contributed by atoms with E-state index in [0.29, 0.717) is 28.4 Å². The molecule has 1 aliphatic heterocycles. The molecule has 1 aromatic heterocycles. The van der Waals surface area contributed by atoms with E-state index in [1.807, 2.05) is 18.2 Å². The fourth-order valence-corrected chi connectivity index (χ4v) is 4.15. The zero-order valence-corrected chi connectivity index (χ0v) is 17.9. The largest absolute Gasteiger partial charge is 0.492 e. The molecule has 2 heterocycles. The van der Waals surface area contributed by atoms with Crippen LogP contribution in [-0.2, 0) is 4.79 Å². The number of hydrogen-bond donors (Lipinski definition) is 1. The number of imide groups is 1. The number of rotatable bonds is 7. The second kappa shape index (κ2) is 9.15. The number of carboxylic acids is 1. The number of hydrogen-bond acceptors (Lipinski definition) is 6. The molecule has 0 spiro atoms. The lowest BCUT2D eigenvalue weighted by Crippen LogP contribution is -2.32. The summed E-state index contributed by atoms with van der Waals surface area (Å²) in [6.45, 7) is 2.05. The van der Waals surface area contributed by atoms with Gasteiger partial charge in [0.2, 0.25) is 0 Å². The highest BCUT2D eigenvalue weighted by atomic mass is 32.2. The Balaban J connectivity index is 1.46. The third kappa shape index (κ3) is 4.45. The topological polar surface area (TPSA) is 97.0 Å². The van der Waals surface area contributed by atoms with Crippen LogP contribution in [0.25, 0.3) is 17.4 Å². The van der Waals surface area contributed by atoms with Crippen molar-refractivity contribution in [3.05, 3.63) is 82.5 Å². The van der Waals surface area contributed by atoms with Gasteiger partial charge in [-0.25, -0.2) is 4.79 Å². The van der Waals surface area contributed by atoms with E-state index in [0.717, 1.165) is 16.7 Å². The van der Waals surface area contributed by atoms with Crippen LogP contribution in [0.2, 0.25) is 0 Å². The first kappa shape index (κ1) is 21.5. The Morgan fingerprint density at radius 3 is 2.62 bits per heavy atom. The molecule has 4 rings (SSSR count). The first-order chi connectivity index (χ1) is 15.4. The van der Waals surface area contributed by atoms with Crippen molar-refractivity contribution in [2.45, 2.75) is 6.92 Å². The van der Waals surface area contributed by atoms with Crippen molar-refractivity contribution in [1.29, 1.82) is 0 Å². The molecular formula is C24H19NO6S. The summed E-state index contributed by atoms with van der Waals surface area (Å²) in [6.07, 6.45) is 1.52. The molecule has 32 heavy (non-hydrogen) atoms. The number of ether oxygens (including phenoxy) is 1. The molecule has 0 bridgehead atoms. The van der Waals surface area contributed by atoms with Gasteiger partial charge in [0.05, 0.1) is 17.0 Å². The standard InChI is InChI=1S/C24H19NO6S/c1-15-18(8-5-9-19(15)23(27)28)20-11-10-17(31-20)14-21-22(26)25(24(29)32-21)12-13-30-16-6-3-2-4-7-16/h2-11,14H,12-13H2,1H3,(H,27,28)/b21-14-. The third-order valence-corrected chi connectivity index (χ3v) is 5.84. The van der Waals surface area contributed by atoms with Crippen molar-refractivity contribution in [2.24, 2.45) is 0 Å². The van der Waals surface area contributed by atoms with Gasteiger partial charge in [0.25, 0.3) is 11.1 Å². The van der Waals surface area contributed by atoms with Crippen molar-refractivity contribution in [3.8, 4) is 17.1 Å². The first-order valence-corrected chi connectivity index (χ1v) is 10.6.